The summed E-state index contributed by atoms with van der Waals surface area (Å²) < 4.78 is 5.89. The lowest BCUT2D eigenvalue weighted by atomic mass is 10.2. The van der Waals surface area contributed by atoms with E-state index in [1.165, 1.54) is 5.56 Å². The molecule has 0 bridgehead atoms. The molecule has 0 spiro atoms. The van der Waals surface area contributed by atoms with Gasteiger partial charge in [0.2, 0.25) is 5.91 Å². The molecule has 0 aliphatic rings. The lowest BCUT2D eigenvalue weighted by Crippen LogP contribution is -2.31. The lowest BCUT2D eigenvalue weighted by Gasteiger charge is -2.22. The highest BCUT2D eigenvalue weighted by atomic mass is 35.5. The molecule has 1 amide bonds. The van der Waals surface area contributed by atoms with Crippen LogP contribution in [0.1, 0.15) is 18.1 Å². The first-order chi connectivity index (χ1) is 13.2. The van der Waals surface area contributed by atoms with Crippen LogP contribution in [0.3, 0.4) is 0 Å². The van der Waals surface area contributed by atoms with Crippen LogP contribution in [-0.2, 0) is 17.8 Å². The molecule has 0 saturated carbocycles. The van der Waals surface area contributed by atoms with Crippen LogP contribution in [0, 0.1) is 0 Å². The van der Waals surface area contributed by atoms with E-state index in [1.54, 1.807) is 4.90 Å². The summed E-state index contributed by atoms with van der Waals surface area (Å²) in [5, 5.41) is 0. The van der Waals surface area contributed by atoms with Crippen molar-refractivity contribution in [3.8, 4) is 11.5 Å². The second-order valence-electron chi connectivity index (χ2n) is 6.19. The highest BCUT2D eigenvalue weighted by Gasteiger charge is 2.15. The first-order valence-electron chi connectivity index (χ1n) is 8.96. The molecule has 0 aliphatic carbocycles. The fourth-order valence-electron chi connectivity index (χ4n) is 2.78. The average Bonchev–Trinajstić information content (AvgIpc) is 2.73. The van der Waals surface area contributed by atoms with E-state index in [0.29, 0.717) is 6.54 Å². The smallest absolute Gasteiger partial charge is 0.242 e. The third-order valence-corrected chi connectivity index (χ3v) is 4.54. The molecule has 3 nitrogen and oxygen atoms in total. The molecule has 0 N–H and O–H groups in total. The highest BCUT2D eigenvalue weighted by molar-refractivity contribution is 6.29. The summed E-state index contributed by atoms with van der Waals surface area (Å²) in [7, 11) is 0. The number of rotatable bonds is 7. The number of anilines is 1. The van der Waals surface area contributed by atoms with Gasteiger partial charge in [0.1, 0.15) is 17.4 Å². The first kappa shape index (κ1) is 19.0. The largest absolute Gasteiger partial charge is 0.457 e. The molecule has 0 radical (unpaired) electrons. The van der Waals surface area contributed by atoms with Crippen LogP contribution < -0.4 is 9.64 Å². The van der Waals surface area contributed by atoms with Crippen LogP contribution >= 0.6 is 11.6 Å². The topological polar surface area (TPSA) is 29.5 Å². The molecule has 0 unspecified atom stereocenters. The zero-order chi connectivity index (χ0) is 19.1. The number of amides is 1. The Morgan fingerprint density at radius 3 is 2.00 bits per heavy atom. The fraction of sp³-hybridized carbons (Fsp3) is 0.174. The maximum atomic E-state index is 12.3. The molecule has 0 aliphatic heterocycles. The van der Waals surface area contributed by atoms with Gasteiger partial charge in [-0.05, 0) is 53.9 Å². The van der Waals surface area contributed by atoms with Gasteiger partial charge in [0.05, 0.1) is 6.54 Å². The SMILES string of the molecule is CCc1ccc(Oc2ccc(N(Cc3ccccc3)C(=O)CCl)cc2)cc1. The van der Waals surface area contributed by atoms with Crippen LogP contribution in [0.25, 0.3) is 0 Å². The maximum Gasteiger partial charge on any atom is 0.242 e. The summed E-state index contributed by atoms with van der Waals surface area (Å²) in [6.45, 7) is 2.60. The van der Waals surface area contributed by atoms with Crippen LogP contribution in [0.2, 0.25) is 0 Å². The standard InChI is InChI=1S/C23H22ClNO2/c1-2-18-8-12-21(13-9-18)27-22-14-10-20(11-15-22)25(23(26)16-24)17-19-6-4-3-5-7-19/h3-15H,2,16-17H2,1H3. The number of alkyl halides is 1. The molecule has 138 valence electrons. The van der Waals surface area contributed by atoms with Gasteiger partial charge in [-0.1, -0.05) is 49.4 Å². The second kappa shape index (κ2) is 9.24. The van der Waals surface area contributed by atoms with Crippen LogP contribution in [0.15, 0.2) is 78.9 Å². The van der Waals surface area contributed by atoms with Gasteiger partial charge in [-0.2, -0.15) is 0 Å². The Morgan fingerprint density at radius 1 is 0.852 bits per heavy atom. The number of carbonyl (C=O) groups excluding carboxylic acids is 1. The number of halogens is 1. The number of aryl methyl sites for hydroxylation is 1. The molecular weight excluding hydrogens is 358 g/mol. The molecule has 0 fully saturated rings. The van der Waals surface area contributed by atoms with Gasteiger partial charge in [0, 0.05) is 5.69 Å². The van der Waals surface area contributed by atoms with Crippen LogP contribution in [0.5, 0.6) is 11.5 Å². The van der Waals surface area contributed by atoms with Crippen molar-refractivity contribution in [2.24, 2.45) is 0 Å². The summed E-state index contributed by atoms with van der Waals surface area (Å²) in [5.74, 6) is 1.32. The predicted molar refractivity (Wildman–Crippen MR) is 111 cm³/mol. The molecule has 0 atom stereocenters. The fourth-order valence-corrected chi connectivity index (χ4v) is 2.93. The van der Waals surface area contributed by atoms with Gasteiger partial charge in [0.25, 0.3) is 0 Å². The highest BCUT2D eigenvalue weighted by Crippen LogP contribution is 2.26. The zero-order valence-corrected chi connectivity index (χ0v) is 16.0. The maximum absolute atomic E-state index is 12.3. The predicted octanol–water partition coefficient (Wildman–Crippen LogP) is 5.81. The minimum atomic E-state index is -0.135. The van der Waals surface area contributed by atoms with Crippen molar-refractivity contribution in [3.63, 3.8) is 0 Å². The van der Waals surface area contributed by atoms with E-state index in [1.807, 2.05) is 66.7 Å². The summed E-state index contributed by atoms with van der Waals surface area (Å²) in [6.07, 6.45) is 1.00. The van der Waals surface area contributed by atoms with Crippen molar-refractivity contribution in [2.75, 3.05) is 10.8 Å². The van der Waals surface area contributed by atoms with Gasteiger partial charge in [-0.15, -0.1) is 11.6 Å². The molecular formula is C23H22ClNO2. The summed E-state index contributed by atoms with van der Waals surface area (Å²) in [6, 6.07) is 25.4. The minimum absolute atomic E-state index is 0.0607. The van der Waals surface area contributed by atoms with E-state index < -0.39 is 0 Å². The number of hydrogen-bond donors (Lipinski definition) is 0. The third kappa shape index (κ3) is 5.11. The number of benzene rings is 3. The van der Waals surface area contributed by atoms with Crippen molar-refractivity contribution >= 4 is 23.2 Å². The number of hydrogen-bond acceptors (Lipinski definition) is 2. The third-order valence-electron chi connectivity index (χ3n) is 4.31. The molecule has 3 aromatic rings. The van der Waals surface area contributed by atoms with E-state index in [9.17, 15) is 4.79 Å². The average molecular weight is 380 g/mol. The quantitative estimate of drug-likeness (QED) is 0.484. The van der Waals surface area contributed by atoms with E-state index in [4.69, 9.17) is 16.3 Å². The number of nitrogens with zero attached hydrogens (tertiary/aromatic N) is 1. The van der Waals surface area contributed by atoms with Gasteiger partial charge in [-0.3, -0.25) is 4.79 Å². The Balaban J connectivity index is 1.75. The number of ether oxygens (including phenoxy) is 1. The minimum Gasteiger partial charge on any atom is -0.457 e. The summed E-state index contributed by atoms with van der Waals surface area (Å²) >= 11 is 5.81. The van der Waals surface area contributed by atoms with Crippen molar-refractivity contribution in [1.82, 2.24) is 0 Å². The molecule has 0 saturated heterocycles. The van der Waals surface area contributed by atoms with Crippen molar-refractivity contribution in [2.45, 2.75) is 19.9 Å². The Labute approximate surface area is 165 Å². The van der Waals surface area contributed by atoms with Gasteiger partial charge < -0.3 is 9.64 Å². The van der Waals surface area contributed by atoms with Crippen molar-refractivity contribution < 1.29 is 9.53 Å². The molecule has 0 heterocycles. The molecule has 27 heavy (non-hydrogen) atoms. The van der Waals surface area contributed by atoms with E-state index in [-0.39, 0.29) is 11.8 Å². The van der Waals surface area contributed by atoms with E-state index in [0.717, 1.165) is 29.2 Å². The van der Waals surface area contributed by atoms with Crippen molar-refractivity contribution in [1.29, 1.82) is 0 Å². The number of carbonyl (C=O) groups is 1. The lowest BCUT2D eigenvalue weighted by molar-refractivity contribution is -0.116. The molecule has 3 aromatic carbocycles. The van der Waals surface area contributed by atoms with E-state index in [2.05, 4.69) is 19.1 Å². The Kier molecular flexibility index (Phi) is 6.50. The van der Waals surface area contributed by atoms with E-state index >= 15 is 0 Å². The summed E-state index contributed by atoms with van der Waals surface area (Å²) in [5.41, 5.74) is 3.11. The molecule has 0 aromatic heterocycles. The normalized spacial score (nSPS) is 10.4. The van der Waals surface area contributed by atoms with Crippen molar-refractivity contribution in [3.05, 3.63) is 90.0 Å². The molecule has 3 rings (SSSR count). The zero-order valence-electron chi connectivity index (χ0n) is 15.3. The Morgan fingerprint density at radius 2 is 1.44 bits per heavy atom. The second-order valence-corrected chi connectivity index (χ2v) is 6.46. The Hall–Kier alpha value is -2.78. The monoisotopic (exact) mass is 379 g/mol. The van der Waals surface area contributed by atoms with Gasteiger partial charge in [0.15, 0.2) is 0 Å². The van der Waals surface area contributed by atoms with Gasteiger partial charge >= 0.3 is 0 Å². The first-order valence-corrected chi connectivity index (χ1v) is 9.50. The molecule has 4 heteroatoms. The van der Waals surface area contributed by atoms with Crippen LogP contribution in [0.4, 0.5) is 5.69 Å². The van der Waals surface area contributed by atoms with Gasteiger partial charge in [-0.25, -0.2) is 0 Å². The van der Waals surface area contributed by atoms with Crippen LogP contribution in [-0.4, -0.2) is 11.8 Å². The summed E-state index contributed by atoms with van der Waals surface area (Å²) in [4.78, 5) is 14.0. The Bertz CT molecular complexity index is 861.